The number of rotatable bonds is 8. The number of aryl methyl sites for hydroxylation is 1. The van der Waals surface area contributed by atoms with E-state index >= 15 is 0 Å². The number of hydrogen-bond donors (Lipinski definition) is 0. The van der Waals surface area contributed by atoms with Gasteiger partial charge >= 0.3 is 0 Å². The van der Waals surface area contributed by atoms with Crippen molar-refractivity contribution < 1.29 is 14.1 Å². The van der Waals surface area contributed by atoms with Crippen LogP contribution in [0.4, 0.5) is 0 Å². The fourth-order valence-corrected chi connectivity index (χ4v) is 3.63. The van der Waals surface area contributed by atoms with Crippen molar-refractivity contribution in [3.8, 4) is 0 Å². The molecule has 148 valence electrons. The molecule has 0 spiro atoms. The quantitative estimate of drug-likeness (QED) is 0.679. The van der Waals surface area contributed by atoms with Crippen molar-refractivity contribution in [3.05, 3.63) is 29.7 Å². The van der Waals surface area contributed by atoms with E-state index < -0.39 is 0 Å². The van der Waals surface area contributed by atoms with E-state index in [4.69, 9.17) is 9.26 Å². The zero-order valence-electron chi connectivity index (χ0n) is 16.3. The molecular formula is C18H28N6O3. The Morgan fingerprint density at radius 3 is 3.04 bits per heavy atom. The van der Waals surface area contributed by atoms with Gasteiger partial charge in [-0.2, -0.15) is 10.1 Å². The van der Waals surface area contributed by atoms with E-state index in [9.17, 15) is 4.79 Å². The number of hydrogen-bond acceptors (Lipinski definition) is 7. The highest BCUT2D eigenvalue weighted by Gasteiger charge is 2.27. The Hall–Kier alpha value is -2.26. The lowest BCUT2D eigenvalue weighted by atomic mass is 10.0. The second-order valence-electron chi connectivity index (χ2n) is 7.05. The summed E-state index contributed by atoms with van der Waals surface area (Å²) in [5.74, 6) is 1.15. The summed E-state index contributed by atoms with van der Waals surface area (Å²) in [4.78, 5) is 20.9. The molecule has 1 amide bonds. The average molecular weight is 376 g/mol. The average Bonchev–Trinajstić information content (AvgIpc) is 3.24. The number of carbonyl (C=O) groups is 1. The summed E-state index contributed by atoms with van der Waals surface area (Å²) in [6.45, 7) is 5.30. The molecule has 0 radical (unpaired) electrons. The molecule has 9 heteroatoms. The Morgan fingerprint density at radius 2 is 2.33 bits per heavy atom. The summed E-state index contributed by atoms with van der Waals surface area (Å²) in [7, 11) is 3.51. The maximum Gasteiger partial charge on any atom is 0.252 e. The molecule has 0 aliphatic carbocycles. The number of methoxy groups -OCH3 is 1. The van der Waals surface area contributed by atoms with Crippen LogP contribution < -0.4 is 0 Å². The van der Waals surface area contributed by atoms with Crippen LogP contribution in [0.5, 0.6) is 0 Å². The molecule has 1 aliphatic heterocycles. The summed E-state index contributed by atoms with van der Waals surface area (Å²) >= 11 is 0. The van der Waals surface area contributed by atoms with Gasteiger partial charge in [0.15, 0.2) is 5.82 Å². The maximum atomic E-state index is 12.3. The molecule has 3 rings (SSSR count). The molecule has 1 unspecified atom stereocenters. The van der Waals surface area contributed by atoms with Gasteiger partial charge in [-0.15, -0.1) is 0 Å². The van der Waals surface area contributed by atoms with Gasteiger partial charge in [0.25, 0.3) is 5.89 Å². The fraction of sp³-hybridized carbons (Fsp3) is 0.667. The first kappa shape index (κ1) is 19.5. The van der Waals surface area contributed by atoms with Gasteiger partial charge in [-0.1, -0.05) is 5.16 Å². The zero-order chi connectivity index (χ0) is 19.2. The number of nitrogens with zero attached hydrogens (tertiary/aromatic N) is 6. The van der Waals surface area contributed by atoms with Crippen LogP contribution in [0.15, 0.2) is 16.9 Å². The molecule has 0 saturated carbocycles. The molecule has 1 saturated heterocycles. The number of likely N-dealkylation sites (tertiary alicyclic amines) is 1. The summed E-state index contributed by atoms with van der Waals surface area (Å²) in [5, 5.41) is 8.20. The number of aromatic nitrogens is 4. The van der Waals surface area contributed by atoms with Crippen molar-refractivity contribution in [2.75, 3.05) is 26.7 Å². The highest BCUT2D eigenvalue weighted by molar-refractivity contribution is 5.73. The third kappa shape index (κ3) is 5.36. The monoisotopic (exact) mass is 376 g/mol. The third-order valence-electron chi connectivity index (χ3n) is 4.84. The molecular weight excluding hydrogens is 348 g/mol. The topological polar surface area (TPSA) is 89.5 Å². The first-order valence-corrected chi connectivity index (χ1v) is 9.32. The fourth-order valence-electron chi connectivity index (χ4n) is 3.63. The lowest BCUT2D eigenvalue weighted by Gasteiger charge is -2.39. The minimum absolute atomic E-state index is 0.0869. The van der Waals surface area contributed by atoms with Gasteiger partial charge in [-0.3, -0.25) is 14.4 Å². The highest BCUT2D eigenvalue weighted by atomic mass is 16.5. The van der Waals surface area contributed by atoms with Gasteiger partial charge in [0.1, 0.15) is 6.61 Å². The van der Waals surface area contributed by atoms with Crippen LogP contribution in [0.3, 0.4) is 0 Å². The van der Waals surface area contributed by atoms with Crippen LogP contribution in [-0.2, 0) is 36.2 Å². The van der Waals surface area contributed by atoms with E-state index in [1.165, 1.54) is 5.56 Å². The Balaban J connectivity index is 1.57. The van der Waals surface area contributed by atoms with E-state index in [0.29, 0.717) is 31.3 Å². The van der Waals surface area contributed by atoms with Gasteiger partial charge in [-0.05, 0) is 19.4 Å². The zero-order valence-corrected chi connectivity index (χ0v) is 16.3. The predicted molar refractivity (Wildman–Crippen MR) is 97.6 cm³/mol. The molecule has 1 atom stereocenters. The second kappa shape index (κ2) is 9.09. The van der Waals surface area contributed by atoms with Crippen LogP contribution in [0.25, 0.3) is 0 Å². The standard InChI is InChI=1S/C18H28N6O3/c1-14(25)24(8-6-17-20-18(13-26-3)27-21-17)16-5-4-7-23(12-16)11-15-9-19-22(2)10-15/h9-10,16H,4-8,11-13H2,1-3H3. The second-order valence-corrected chi connectivity index (χ2v) is 7.05. The first-order chi connectivity index (χ1) is 13.0. The summed E-state index contributed by atoms with van der Waals surface area (Å²) < 4.78 is 11.9. The van der Waals surface area contributed by atoms with Crippen molar-refractivity contribution in [2.24, 2.45) is 7.05 Å². The SMILES string of the molecule is COCc1nc(CCN(C(C)=O)C2CCCN(Cc3cnn(C)c3)C2)no1. The predicted octanol–water partition coefficient (Wildman–Crippen LogP) is 1.01. The minimum Gasteiger partial charge on any atom is -0.375 e. The van der Waals surface area contributed by atoms with Gasteiger partial charge in [0.2, 0.25) is 5.91 Å². The van der Waals surface area contributed by atoms with Gasteiger partial charge < -0.3 is 14.2 Å². The van der Waals surface area contributed by atoms with E-state index in [0.717, 1.165) is 32.5 Å². The normalized spacial score (nSPS) is 18.0. The Kier molecular flexibility index (Phi) is 6.57. The Labute approximate surface area is 159 Å². The van der Waals surface area contributed by atoms with Crippen LogP contribution in [0, 0.1) is 0 Å². The summed E-state index contributed by atoms with van der Waals surface area (Å²) in [6, 6.07) is 0.207. The van der Waals surface area contributed by atoms with Crippen molar-refractivity contribution in [3.63, 3.8) is 0 Å². The third-order valence-corrected chi connectivity index (χ3v) is 4.84. The highest BCUT2D eigenvalue weighted by Crippen LogP contribution is 2.19. The summed E-state index contributed by atoms with van der Waals surface area (Å²) in [5.41, 5.74) is 1.20. The van der Waals surface area contributed by atoms with Crippen molar-refractivity contribution in [2.45, 2.75) is 45.4 Å². The van der Waals surface area contributed by atoms with Gasteiger partial charge in [0, 0.05) is 64.9 Å². The molecule has 0 aromatic carbocycles. The van der Waals surface area contributed by atoms with E-state index in [1.54, 1.807) is 14.0 Å². The van der Waals surface area contributed by atoms with Crippen molar-refractivity contribution >= 4 is 5.91 Å². The number of ether oxygens (including phenoxy) is 1. The molecule has 1 fully saturated rings. The van der Waals surface area contributed by atoms with Gasteiger partial charge in [0.05, 0.1) is 6.20 Å². The van der Waals surface area contributed by atoms with E-state index in [2.05, 4.69) is 20.1 Å². The molecule has 2 aromatic heterocycles. The molecule has 27 heavy (non-hydrogen) atoms. The molecule has 9 nitrogen and oxygen atoms in total. The molecule has 3 heterocycles. The van der Waals surface area contributed by atoms with Crippen LogP contribution in [0.1, 0.15) is 37.0 Å². The number of amides is 1. The molecule has 0 N–H and O–H groups in total. The molecule has 1 aliphatic rings. The van der Waals surface area contributed by atoms with Crippen LogP contribution >= 0.6 is 0 Å². The molecule has 0 bridgehead atoms. The van der Waals surface area contributed by atoms with Crippen LogP contribution in [-0.4, -0.2) is 68.4 Å². The maximum absolute atomic E-state index is 12.3. The Bertz CT molecular complexity index is 743. The number of piperidine rings is 1. The smallest absolute Gasteiger partial charge is 0.252 e. The minimum atomic E-state index is 0.0869. The first-order valence-electron chi connectivity index (χ1n) is 9.32. The Morgan fingerprint density at radius 1 is 1.48 bits per heavy atom. The van der Waals surface area contributed by atoms with E-state index in [-0.39, 0.29) is 11.9 Å². The summed E-state index contributed by atoms with van der Waals surface area (Å²) in [6.07, 6.45) is 6.62. The van der Waals surface area contributed by atoms with E-state index in [1.807, 2.05) is 29.0 Å². The van der Waals surface area contributed by atoms with Gasteiger partial charge in [-0.25, -0.2) is 0 Å². The van der Waals surface area contributed by atoms with Crippen LogP contribution in [0.2, 0.25) is 0 Å². The van der Waals surface area contributed by atoms with Crippen molar-refractivity contribution in [1.29, 1.82) is 0 Å². The largest absolute Gasteiger partial charge is 0.375 e. The lowest BCUT2D eigenvalue weighted by Crippen LogP contribution is -2.50. The molecule has 2 aromatic rings. The number of carbonyl (C=O) groups excluding carboxylic acids is 1. The lowest BCUT2D eigenvalue weighted by molar-refractivity contribution is -0.132. The van der Waals surface area contributed by atoms with Crippen molar-refractivity contribution in [1.82, 2.24) is 29.7 Å².